The van der Waals surface area contributed by atoms with Crippen LogP contribution in [0.1, 0.15) is 55.7 Å². The molecule has 0 N–H and O–H groups in total. The molecule has 1 heterocycles. The number of fused-ring (bicyclic) bond motifs is 1. The Hall–Kier alpha value is -1.15. The Morgan fingerprint density at radius 1 is 1.33 bits per heavy atom. The minimum absolute atomic E-state index is 0.0304. The normalized spacial score (nSPS) is 26.9. The first kappa shape index (κ1) is 13.5. The molecule has 1 atom stereocenters. The van der Waals surface area contributed by atoms with Gasteiger partial charge in [0, 0.05) is 24.7 Å². The number of halogens is 1. The number of rotatable bonds is 2. The molecule has 1 nitrogen and oxygen atoms in total. The van der Waals surface area contributed by atoms with Crippen LogP contribution in [0.3, 0.4) is 0 Å². The minimum Gasteiger partial charge on any atom is -0.295 e. The average molecular weight is 285 g/mol. The van der Waals surface area contributed by atoms with Crippen LogP contribution in [0.4, 0.5) is 4.39 Å². The van der Waals surface area contributed by atoms with E-state index < -0.39 is 0 Å². The van der Waals surface area contributed by atoms with Crippen LogP contribution < -0.4 is 0 Å². The van der Waals surface area contributed by atoms with Crippen LogP contribution in [0.5, 0.6) is 0 Å². The van der Waals surface area contributed by atoms with E-state index in [9.17, 15) is 4.39 Å². The molecule has 0 aromatic heterocycles. The van der Waals surface area contributed by atoms with E-state index in [1.54, 1.807) is 6.07 Å². The van der Waals surface area contributed by atoms with Crippen LogP contribution in [0.2, 0.25) is 0 Å². The summed E-state index contributed by atoms with van der Waals surface area (Å²) in [6.07, 6.45) is 7.91. The molecule has 1 aliphatic heterocycles. The zero-order valence-electron chi connectivity index (χ0n) is 12.9. The molecule has 21 heavy (non-hydrogen) atoms. The highest BCUT2D eigenvalue weighted by atomic mass is 19.1. The summed E-state index contributed by atoms with van der Waals surface area (Å²) in [5.74, 6) is -0.0304. The Morgan fingerprint density at radius 2 is 2.14 bits per heavy atom. The van der Waals surface area contributed by atoms with Crippen LogP contribution in [0.15, 0.2) is 18.7 Å². The van der Waals surface area contributed by atoms with Gasteiger partial charge in [0.1, 0.15) is 5.82 Å². The lowest BCUT2D eigenvalue weighted by Crippen LogP contribution is -2.59. The third-order valence-electron chi connectivity index (χ3n) is 6.22. The smallest absolute Gasteiger partial charge is 0.128 e. The van der Waals surface area contributed by atoms with Crippen LogP contribution in [-0.4, -0.2) is 17.5 Å². The lowest BCUT2D eigenvalue weighted by Gasteiger charge is -2.60. The van der Waals surface area contributed by atoms with Gasteiger partial charge in [0.05, 0.1) is 0 Å². The lowest BCUT2D eigenvalue weighted by molar-refractivity contribution is -0.0882. The van der Waals surface area contributed by atoms with Crippen LogP contribution >= 0.6 is 0 Å². The van der Waals surface area contributed by atoms with Crippen molar-refractivity contribution >= 4 is 5.57 Å². The standard InChI is InChI=1S/C19H24FN/c1-13(2)15-10-14-5-9-21(12-16(14)17(20)11-15)18-4-8-19(18)6-3-7-19/h10-11,18H,1,3-9,12H2,2H3. The van der Waals surface area contributed by atoms with Crippen molar-refractivity contribution in [1.82, 2.24) is 4.90 Å². The van der Waals surface area contributed by atoms with Crippen LogP contribution in [-0.2, 0) is 13.0 Å². The summed E-state index contributed by atoms with van der Waals surface area (Å²) in [6, 6.07) is 4.54. The van der Waals surface area contributed by atoms with E-state index in [1.807, 2.05) is 6.92 Å². The van der Waals surface area contributed by atoms with Gasteiger partial charge in [-0.15, -0.1) is 0 Å². The highest BCUT2D eigenvalue weighted by molar-refractivity contribution is 5.63. The van der Waals surface area contributed by atoms with Crippen molar-refractivity contribution in [2.24, 2.45) is 5.41 Å². The molecule has 2 aliphatic carbocycles. The number of allylic oxidation sites excluding steroid dienone is 1. The molecule has 1 spiro atoms. The second kappa shape index (κ2) is 4.67. The van der Waals surface area contributed by atoms with Gasteiger partial charge in [-0.1, -0.05) is 24.6 Å². The quantitative estimate of drug-likeness (QED) is 0.770. The van der Waals surface area contributed by atoms with Crippen molar-refractivity contribution < 1.29 is 4.39 Å². The fourth-order valence-electron chi connectivity index (χ4n) is 4.62. The summed E-state index contributed by atoms with van der Waals surface area (Å²) in [6.45, 7) is 7.80. The molecule has 2 saturated carbocycles. The van der Waals surface area contributed by atoms with Gasteiger partial charge >= 0.3 is 0 Å². The van der Waals surface area contributed by atoms with Gasteiger partial charge in [0.25, 0.3) is 0 Å². The predicted octanol–water partition coefficient (Wildman–Crippen LogP) is 4.55. The van der Waals surface area contributed by atoms with E-state index in [0.29, 0.717) is 5.41 Å². The van der Waals surface area contributed by atoms with E-state index in [1.165, 1.54) is 37.7 Å². The fourth-order valence-corrected chi connectivity index (χ4v) is 4.62. The molecular formula is C19H24FN. The molecule has 2 fully saturated rings. The largest absolute Gasteiger partial charge is 0.295 e. The Bertz CT molecular complexity index is 594. The van der Waals surface area contributed by atoms with Crippen molar-refractivity contribution in [1.29, 1.82) is 0 Å². The molecule has 0 amide bonds. The number of nitrogens with zero attached hydrogens (tertiary/aromatic N) is 1. The second-order valence-corrected chi connectivity index (χ2v) is 7.37. The van der Waals surface area contributed by atoms with Gasteiger partial charge in [-0.25, -0.2) is 4.39 Å². The molecular weight excluding hydrogens is 261 g/mol. The monoisotopic (exact) mass is 285 g/mol. The first-order valence-corrected chi connectivity index (χ1v) is 8.30. The van der Waals surface area contributed by atoms with Gasteiger partial charge in [0.2, 0.25) is 0 Å². The summed E-state index contributed by atoms with van der Waals surface area (Å²) in [4.78, 5) is 2.56. The van der Waals surface area contributed by atoms with Gasteiger partial charge < -0.3 is 0 Å². The maximum atomic E-state index is 14.5. The lowest BCUT2D eigenvalue weighted by atomic mass is 9.52. The molecule has 3 aliphatic rings. The Balaban J connectivity index is 1.59. The Kier molecular flexibility index (Phi) is 3.01. The number of hydrogen-bond donors (Lipinski definition) is 0. The molecule has 0 saturated heterocycles. The van der Waals surface area contributed by atoms with Crippen molar-refractivity contribution in [2.75, 3.05) is 6.54 Å². The number of hydrogen-bond acceptors (Lipinski definition) is 1. The average Bonchev–Trinajstić information content (AvgIpc) is 2.36. The maximum absolute atomic E-state index is 14.5. The molecule has 112 valence electrons. The summed E-state index contributed by atoms with van der Waals surface area (Å²) in [5.41, 5.74) is 4.66. The third-order valence-corrected chi connectivity index (χ3v) is 6.22. The molecule has 2 heteroatoms. The predicted molar refractivity (Wildman–Crippen MR) is 84.5 cm³/mol. The number of benzene rings is 1. The van der Waals surface area contributed by atoms with Crippen LogP contribution in [0.25, 0.3) is 5.57 Å². The fraction of sp³-hybridized carbons (Fsp3) is 0.579. The minimum atomic E-state index is -0.0304. The second-order valence-electron chi connectivity index (χ2n) is 7.37. The van der Waals surface area contributed by atoms with Crippen LogP contribution in [0, 0.1) is 11.2 Å². The molecule has 4 rings (SSSR count). The highest BCUT2D eigenvalue weighted by Gasteiger charge is 2.53. The molecule has 0 radical (unpaired) electrons. The SMILES string of the molecule is C=C(C)c1cc(F)c2c(c1)CCN(C1CCC13CCC3)C2. The molecule has 1 aromatic rings. The summed E-state index contributed by atoms with van der Waals surface area (Å²) in [7, 11) is 0. The van der Waals surface area contributed by atoms with E-state index in [2.05, 4.69) is 17.5 Å². The zero-order valence-corrected chi connectivity index (χ0v) is 12.9. The first-order chi connectivity index (χ1) is 10.1. The van der Waals surface area contributed by atoms with Gasteiger partial charge in [-0.05, 0) is 61.6 Å². The van der Waals surface area contributed by atoms with Gasteiger partial charge in [-0.2, -0.15) is 0 Å². The van der Waals surface area contributed by atoms with Crippen molar-refractivity contribution in [3.63, 3.8) is 0 Å². The molecule has 1 aromatic carbocycles. The van der Waals surface area contributed by atoms with Gasteiger partial charge in [0.15, 0.2) is 0 Å². The Morgan fingerprint density at radius 3 is 2.71 bits per heavy atom. The first-order valence-electron chi connectivity index (χ1n) is 8.30. The van der Waals surface area contributed by atoms with Crippen molar-refractivity contribution in [3.05, 3.63) is 41.2 Å². The zero-order chi connectivity index (χ0) is 14.6. The topological polar surface area (TPSA) is 3.24 Å². The molecule has 0 bridgehead atoms. The van der Waals surface area contributed by atoms with Crippen molar-refractivity contribution in [3.8, 4) is 0 Å². The molecule has 1 unspecified atom stereocenters. The summed E-state index contributed by atoms with van der Waals surface area (Å²) < 4.78 is 14.5. The summed E-state index contributed by atoms with van der Waals surface area (Å²) in [5, 5.41) is 0. The Labute approximate surface area is 126 Å². The maximum Gasteiger partial charge on any atom is 0.128 e. The highest BCUT2D eigenvalue weighted by Crippen LogP contribution is 2.58. The van der Waals surface area contributed by atoms with Crippen molar-refractivity contribution in [2.45, 2.75) is 58.0 Å². The van der Waals surface area contributed by atoms with E-state index >= 15 is 0 Å². The van der Waals surface area contributed by atoms with E-state index in [4.69, 9.17) is 0 Å². The third kappa shape index (κ3) is 1.99. The van der Waals surface area contributed by atoms with E-state index in [-0.39, 0.29) is 5.82 Å². The van der Waals surface area contributed by atoms with Gasteiger partial charge in [-0.3, -0.25) is 4.90 Å². The van der Waals surface area contributed by atoms with E-state index in [0.717, 1.165) is 42.3 Å². The summed E-state index contributed by atoms with van der Waals surface area (Å²) >= 11 is 0.